The van der Waals surface area contributed by atoms with Crippen molar-refractivity contribution < 1.29 is 4.74 Å². The van der Waals surface area contributed by atoms with Crippen molar-refractivity contribution in [2.45, 2.75) is 38.3 Å². The Morgan fingerprint density at radius 1 is 1.07 bits per heavy atom. The standard InChI is InChI=1S/C20H21N5O2/c1-14-11-22-20(23-12-14)24-15-5-7-17(10-15)27-18-8-6-16(13-21-18)25-9-3-2-4-19(25)26/h2-4,6,8-9,11-13,15,17H,5,7,10H2,1H3,(H,22,23,24)/t15-,17-/m0/s1. The van der Waals surface area contributed by atoms with Crippen LogP contribution in [0.4, 0.5) is 5.95 Å². The van der Waals surface area contributed by atoms with Gasteiger partial charge in [0.2, 0.25) is 11.8 Å². The molecule has 0 aromatic carbocycles. The Hall–Kier alpha value is -3.22. The molecule has 0 spiro atoms. The minimum absolute atomic E-state index is 0.0870. The molecule has 0 saturated heterocycles. The zero-order valence-corrected chi connectivity index (χ0v) is 15.1. The van der Waals surface area contributed by atoms with Crippen molar-refractivity contribution in [3.63, 3.8) is 0 Å². The minimum Gasteiger partial charge on any atom is -0.474 e. The van der Waals surface area contributed by atoms with Gasteiger partial charge < -0.3 is 10.1 Å². The van der Waals surface area contributed by atoms with E-state index in [2.05, 4.69) is 20.3 Å². The van der Waals surface area contributed by atoms with Gasteiger partial charge in [-0.3, -0.25) is 9.36 Å². The highest BCUT2D eigenvalue weighted by molar-refractivity contribution is 5.32. The van der Waals surface area contributed by atoms with Crippen LogP contribution in [0.1, 0.15) is 24.8 Å². The average Bonchev–Trinajstić information content (AvgIpc) is 3.12. The average molecular weight is 363 g/mol. The van der Waals surface area contributed by atoms with E-state index in [1.807, 2.05) is 31.5 Å². The summed E-state index contributed by atoms with van der Waals surface area (Å²) in [5.74, 6) is 1.22. The summed E-state index contributed by atoms with van der Waals surface area (Å²) in [6.07, 6.45) is 9.92. The third-order valence-corrected chi connectivity index (χ3v) is 4.61. The van der Waals surface area contributed by atoms with Crippen LogP contribution in [-0.4, -0.2) is 31.7 Å². The second-order valence-corrected chi connectivity index (χ2v) is 6.74. The van der Waals surface area contributed by atoms with E-state index in [0.717, 1.165) is 30.5 Å². The van der Waals surface area contributed by atoms with Gasteiger partial charge in [-0.05, 0) is 37.5 Å². The van der Waals surface area contributed by atoms with Crippen LogP contribution in [0.5, 0.6) is 5.88 Å². The SMILES string of the molecule is Cc1cnc(N[C@H]2CC[C@H](Oc3ccc(-n4ccccc4=O)cn3)C2)nc1. The summed E-state index contributed by atoms with van der Waals surface area (Å²) in [5, 5.41) is 3.36. The molecule has 7 heteroatoms. The maximum absolute atomic E-state index is 11.9. The van der Waals surface area contributed by atoms with Gasteiger partial charge in [0.05, 0.1) is 11.9 Å². The number of nitrogens with zero attached hydrogens (tertiary/aromatic N) is 4. The molecule has 1 N–H and O–H groups in total. The number of nitrogens with one attached hydrogen (secondary N) is 1. The molecular weight excluding hydrogens is 342 g/mol. The van der Waals surface area contributed by atoms with E-state index in [9.17, 15) is 4.79 Å². The molecule has 138 valence electrons. The minimum atomic E-state index is -0.0870. The Bertz CT molecular complexity index is 953. The highest BCUT2D eigenvalue weighted by Gasteiger charge is 2.27. The number of hydrogen-bond acceptors (Lipinski definition) is 6. The molecule has 3 heterocycles. The smallest absolute Gasteiger partial charge is 0.255 e. The highest BCUT2D eigenvalue weighted by Crippen LogP contribution is 2.25. The van der Waals surface area contributed by atoms with E-state index in [4.69, 9.17) is 4.74 Å². The second kappa shape index (κ2) is 7.57. The van der Waals surface area contributed by atoms with Gasteiger partial charge in [0.15, 0.2) is 0 Å². The summed E-state index contributed by atoms with van der Waals surface area (Å²) in [6, 6.07) is 8.99. The molecule has 3 aromatic heterocycles. The molecule has 0 radical (unpaired) electrons. The molecule has 2 atom stereocenters. The largest absolute Gasteiger partial charge is 0.474 e. The number of hydrogen-bond donors (Lipinski definition) is 1. The molecule has 1 saturated carbocycles. The number of ether oxygens (including phenoxy) is 1. The molecule has 7 nitrogen and oxygen atoms in total. The van der Waals surface area contributed by atoms with Crippen LogP contribution in [0.25, 0.3) is 5.69 Å². The molecular formula is C20H21N5O2. The summed E-state index contributed by atoms with van der Waals surface area (Å²) in [7, 11) is 0. The van der Waals surface area contributed by atoms with Crippen LogP contribution in [0.2, 0.25) is 0 Å². The maximum atomic E-state index is 11.9. The van der Waals surface area contributed by atoms with E-state index >= 15 is 0 Å². The summed E-state index contributed by atoms with van der Waals surface area (Å²) >= 11 is 0. The number of rotatable bonds is 5. The Morgan fingerprint density at radius 2 is 1.93 bits per heavy atom. The van der Waals surface area contributed by atoms with Gasteiger partial charge in [-0.25, -0.2) is 15.0 Å². The van der Waals surface area contributed by atoms with Crippen molar-refractivity contribution in [1.29, 1.82) is 0 Å². The van der Waals surface area contributed by atoms with Crippen molar-refractivity contribution in [2.24, 2.45) is 0 Å². The first-order valence-electron chi connectivity index (χ1n) is 9.03. The van der Waals surface area contributed by atoms with E-state index in [1.54, 1.807) is 29.1 Å². The third kappa shape index (κ3) is 4.13. The normalized spacial score (nSPS) is 19.0. The van der Waals surface area contributed by atoms with Gasteiger partial charge in [0.25, 0.3) is 5.56 Å². The lowest BCUT2D eigenvalue weighted by Crippen LogP contribution is -2.20. The summed E-state index contributed by atoms with van der Waals surface area (Å²) < 4.78 is 7.55. The van der Waals surface area contributed by atoms with E-state index in [1.165, 1.54) is 6.07 Å². The molecule has 1 aliphatic rings. The summed E-state index contributed by atoms with van der Waals surface area (Å²) in [4.78, 5) is 24.8. The fourth-order valence-corrected chi connectivity index (χ4v) is 3.22. The van der Waals surface area contributed by atoms with Gasteiger partial charge in [-0.15, -0.1) is 0 Å². The predicted molar refractivity (Wildman–Crippen MR) is 102 cm³/mol. The number of aryl methyl sites for hydroxylation is 1. The molecule has 27 heavy (non-hydrogen) atoms. The summed E-state index contributed by atoms with van der Waals surface area (Å²) in [6.45, 7) is 1.97. The van der Waals surface area contributed by atoms with Gasteiger partial charge in [0.1, 0.15) is 6.10 Å². The Morgan fingerprint density at radius 3 is 2.67 bits per heavy atom. The topological polar surface area (TPSA) is 81.9 Å². The fraction of sp³-hybridized carbons (Fsp3) is 0.300. The third-order valence-electron chi connectivity index (χ3n) is 4.61. The zero-order valence-electron chi connectivity index (χ0n) is 15.1. The molecule has 0 aliphatic heterocycles. The zero-order chi connectivity index (χ0) is 18.6. The quantitative estimate of drug-likeness (QED) is 0.751. The molecule has 1 fully saturated rings. The van der Waals surface area contributed by atoms with Crippen LogP contribution >= 0.6 is 0 Å². The first-order valence-corrected chi connectivity index (χ1v) is 9.03. The Balaban J connectivity index is 1.35. The van der Waals surface area contributed by atoms with Gasteiger partial charge in [-0.2, -0.15) is 0 Å². The van der Waals surface area contributed by atoms with Gasteiger partial charge in [0, 0.05) is 43.2 Å². The summed E-state index contributed by atoms with van der Waals surface area (Å²) in [5.41, 5.74) is 1.67. The van der Waals surface area contributed by atoms with Crippen LogP contribution in [0, 0.1) is 6.92 Å². The van der Waals surface area contributed by atoms with E-state index in [0.29, 0.717) is 17.9 Å². The Labute approximate surface area is 157 Å². The number of aromatic nitrogens is 4. The van der Waals surface area contributed by atoms with Crippen molar-refractivity contribution in [1.82, 2.24) is 19.5 Å². The van der Waals surface area contributed by atoms with Crippen molar-refractivity contribution in [3.8, 4) is 11.6 Å². The van der Waals surface area contributed by atoms with Crippen molar-refractivity contribution in [3.05, 3.63) is 71.0 Å². The predicted octanol–water partition coefficient (Wildman–Crippen LogP) is 2.74. The van der Waals surface area contributed by atoms with Crippen LogP contribution in [-0.2, 0) is 0 Å². The van der Waals surface area contributed by atoms with Crippen molar-refractivity contribution >= 4 is 5.95 Å². The molecule has 4 rings (SSSR count). The maximum Gasteiger partial charge on any atom is 0.255 e. The fourth-order valence-electron chi connectivity index (χ4n) is 3.22. The van der Waals surface area contributed by atoms with Crippen LogP contribution < -0.4 is 15.6 Å². The van der Waals surface area contributed by atoms with Crippen LogP contribution in [0.15, 0.2) is 59.9 Å². The molecule has 0 amide bonds. The Kier molecular flexibility index (Phi) is 4.82. The lowest BCUT2D eigenvalue weighted by Gasteiger charge is -2.15. The lowest BCUT2D eigenvalue weighted by molar-refractivity contribution is 0.200. The number of anilines is 1. The van der Waals surface area contributed by atoms with Crippen LogP contribution in [0.3, 0.4) is 0 Å². The van der Waals surface area contributed by atoms with Gasteiger partial charge >= 0.3 is 0 Å². The lowest BCUT2D eigenvalue weighted by atomic mass is 10.2. The highest BCUT2D eigenvalue weighted by atomic mass is 16.5. The first-order chi connectivity index (χ1) is 13.2. The molecule has 1 aliphatic carbocycles. The first kappa shape index (κ1) is 17.2. The monoisotopic (exact) mass is 363 g/mol. The van der Waals surface area contributed by atoms with E-state index < -0.39 is 0 Å². The number of pyridine rings is 2. The van der Waals surface area contributed by atoms with Crippen molar-refractivity contribution in [2.75, 3.05) is 5.32 Å². The molecule has 0 bridgehead atoms. The van der Waals surface area contributed by atoms with E-state index in [-0.39, 0.29) is 11.7 Å². The molecule has 3 aromatic rings. The van der Waals surface area contributed by atoms with Gasteiger partial charge in [-0.1, -0.05) is 6.07 Å². The molecule has 0 unspecified atom stereocenters. The second-order valence-electron chi connectivity index (χ2n) is 6.74.